The van der Waals surface area contributed by atoms with E-state index in [-0.39, 0.29) is 10.7 Å². The van der Waals surface area contributed by atoms with Crippen LogP contribution in [-0.4, -0.2) is 17.3 Å². The topological polar surface area (TPSA) is 20.3 Å². The molecule has 1 fully saturated rings. The van der Waals surface area contributed by atoms with Gasteiger partial charge >= 0.3 is 0 Å². The molecule has 0 unspecified atom stereocenters. The Morgan fingerprint density at radius 2 is 2.00 bits per heavy atom. The van der Waals surface area contributed by atoms with Crippen molar-refractivity contribution in [1.82, 2.24) is 0 Å². The van der Waals surface area contributed by atoms with Crippen LogP contribution in [0.2, 0.25) is 0 Å². The Morgan fingerprint density at radius 1 is 1.29 bits per heavy atom. The van der Waals surface area contributed by atoms with Crippen LogP contribution in [0, 0.1) is 0 Å². The number of benzene rings is 1. The van der Waals surface area contributed by atoms with Crippen molar-refractivity contribution in [1.29, 1.82) is 0 Å². The summed E-state index contributed by atoms with van der Waals surface area (Å²) in [5.41, 5.74) is 1.00. The van der Waals surface area contributed by atoms with E-state index < -0.39 is 0 Å². The molecule has 1 aliphatic heterocycles. The number of alkyl halides is 1. The lowest BCUT2D eigenvalue weighted by molar-refractivity contribution is -0.118. The lowest BCUT2D eigenvalue weighted by atomic mass is 10.1. The van der Waals surface area contributed by atoms with Gasteiger partial charge in [-0.2, -0.15) is 0 Å². The van der Waals surface area contributed by atoms with Gasteiger partial charge in [0.2, 0.25) is 5.91 Å². The molecule has 0 spiro atoms. The molecule has 3 heteroatoms. The van der Waals surface area contributed by atoms with E-state index in [1.807, 2.05) is 35.2 Å². The number of hydrogen-bond acceptors (Lipinski definition) is 1. The van der Waals surface area contributed by atoms with Gasteiger partial charge in [0.15, 0.2) is 0 Å². The van der Waals surface area contributed by atoms with Gasteiger partial charge < -0.3 is 4.90 Å². The van der Waals surface area contributed by atoms with Crippen LogP contribution in [0.4, 0.5) is 5.69 Å². The first-order valence-corrected chi connectivity index (χ1v) is 5.71. The Hall–Kier alpha value is -0.830. The van der Waals surface area contributed by atoms with Gasteiger partial charge in [-0.05, 0) is 25.0 Å². The van der Waals surface area contributed by atoms with Gasteiger partial charge in [-0.15, -0.1) is 0 Å². The molecule has 1 amide bonds. The normalized spacial score (nSPS) is 22.5. The number of hydrogen-bond donors (Lipinski definition) is 0. The maximum Gasteiger partial charge on any atom is 0.240 e. The molecule has 0 aromatic heterocycles. The van der Waals surface area contributed by atoms with E-state index in [1.165, 1.54) is 0 Å². The Morgan fingerprint density at radius 3 is 2.71 bits per heavy atom. The van der Waals surface area contributed by atoms with Gasteiger partial charge in [-0.25, -0.2) is 0 Å². The standard InChI is InChI=1S/C11H12BrNO/c12-10-7-4-8-13(11(10)14)9-5-2-1-3-6-9/h1-3,5-6,10H,4,7-8H2/t10-/m1/s1. The van der Waals surface area contributed by atoms with Crippen LogP contribution in [0.1, 0.15) is 12.8 Å². The molecule has 0 N–H and O–H groups in total. The third kappa shape index (κ3) is 1.82. The first kappa shape index (κ1) is 9.71. The molecule has 0 radical (unpaired) electrons. The van der Waals surface area contributed by atoms with E-state index in [0.29, 0.717) is 0 Å². The van der Waals surface area contributed by atoms with Crippen molar-refractivity contribution in [2.75, 3.05) is 11.4 Å². The first-order valence-electron chi connectivity index (χ1n) is 4.79. The number of amides is 1. The van der Waals surface area contributed by atoms with Crippen LogP contribution < -0.4 is 4.90 Å². The minimum Gasteiger partial charge on any atom is -0.311 e. The number of nitrogens with zero attached hydrogens (tertiary/aromatic N) is 1. The van der Waals surface area contributed by atoms with Crippen LogP contribution >= 0.6 is 15.9 Å². The zero-order valence-electron chi connectivity index (χ0n) is 7.82. The van der Waals surface area contributed by atoms with E-state index >= 15 is 0 Å². The molecule has 14 heavy (non-hydrogen) atoms. The fraction of sp³-hybridized carbons (Fsp3) is 0.364. The van der Waals surface area contributed by atoms with Gasteiger partial charge in [0.1, 0.15) is 0 Å². The summed E-state index contributed by atoms with van der Waals surface area (Å²) in [6.45, 7) is 0.838. The van der Waals surface area contributed by atoms with Gasteiger partial charge in [0.25, 0.3) is 0 Å². The summed E-state index contributed by atoms with van der Waals surface area (Å²) in [6, 6.07) is 9.83. The van der Waals surface area contributed by atoms with Crippen molar-refractivity contribution in [3.8, 4) is 0 Å². The molecule has 0 saturated carbocycles. The van der Waals surface area contributed by atoms with Crippen LogP contribution in [0.15, 0.2) is 30.3 Å². The highest BCUT2D eigenvalue weighted by molar-refractivity contribution is 9.10. The summed E-state index contributed by atoms with van der Waals surface area (Å²) in [7, 11) is 0. The highest BCUT2D eigenvalue weighted by Gasteiger charge is 2.27. The number of anilines is 1. The van der Waals surface area contributed by atoms with Gasteiger partial charge in [-0.1, -0.05) is 34.1 Å². The van der Waals surface area contributed by atoms with E-state index in [2.05, 4.69) is 15.9 Å². The Labute approximate surface area is 92.0 Å². The molecule has 1 saturated heterocycles. The van der Waals surface area contributed by atoms with E-state index in [4.69, 9.17) is 0 Å². The van der Waals surface area contributed by atoms with E-state index in [0.717, 1.165) is 25.1 Å². The average molecular weight is 254 g/mol. The molecule has 0 bridgehead atoms. The zero-order chi connectivity index (χ0) is 9.97. The Balaban J connectivity index is 2.22. The predicted molar refractivity (Wildman–Crippen MR) is 60.7 cm³/mol. The summed E-state index contributed by atoms with van der Waals surface area (Å²) in [6.07, 6.45) is 2.01. The van der Waals surface area contributed by atoms with Crippen LogP contribution in [0.25, 0.3) is 0 Å². The van der Waals surface area contributed by atoms with Crippen molar-refractivity contribution in [2.24, 2.45) is 0 Å². The van der Waals surface area contributed by atoms with Crippen molar-refractivity contribution in [3.63, 3.8) is 0 Å². The molecule has 0 aliphatic carbocycles. The maximum absolute atomic E-state index is 11.8. The lowest BCUT2D eigenvalue weighted by Gasteiger charge is -2.29. The minimum absolute atomic E-state index is 0.00328. The van der Waals surface area contributed by atoms with Crippen LogP contribution in [-0.2, 0) is 4.79 Å². The number of carbonyl (C=O) groups excluding carboxylic acids is 1. The van der Waals surface area contributed by atoms with Crippen molar-refractivity contribution in [3.05, 3.63) is 30.3 Å². The summed E-state index contributed by atoms with van der Waals surface area (Å²) >= 11 is 3.40. The average Bonchev–Trinajstić information content (AvgIpc) is 2.23. The molecule has 1 aromatic carbocycles. The minimum atomic E-state index is -0.00328. The summed E-state index contributed by atoms with van der Waals surface area (Å²) in [4.78, 5) is 13.7. The quantitative estimate of drug-likeness (QED) is 0.705. The molecular weight excluding hydrogens is 242 g/mol. The molecular formula is C11H12BrNO. The number of rotatable bonds is 1. The second-order valence-corrected chi connectivity index (χ2v) is 4.54. The molecule has 2 rings (SSSR count). The predicted octanol–water partition coefficient (Wildman–Crippen LogP) is 2.58. The molecule has 1 heterocycles. The molecule has 2 nitrogen and oxygen atoms in total. The first-order chi connectivity index (χ1) is 6.79. The lowest BCUT2D eigenvalue weighted by Crippen LogP contribution is -2.41. The number of piperidine rings is 1. The fourth-order valence-electron chi connectivity index (χ4n) is 1.70. The summed E-state index contributed by atoms with van der Waals surface area (Å²) in [5.74, 6) is 0.183. The van der Waals surface area contributed by atoms with E-state index in [9.17, 15) is 4.79 Å². The Bertz CT molecular complexity index is 325. The molecule has 1 atom stereocenters. The highest BCUT2D eigenvalue weighted by Crippen LogP contribution is 2.23. The summed E-state index contributed by atoms with van der Waals surface area (Å²) < 4.78 is 0. The van der Waals surface area contributed by atoms with Gasteiger partial charge in [-0.3, -0.25) is 4.79 Å². The second kappa shape index (κ2) is 4.13. The summed E-state index contributed by atoms with van der Waals surface area (Å²) in [5, 5.41) is 0. The molecule has 1 aliphatic rings. The fourth-order valence-corrected chi connectivity index (χ4v) is 2.27. The third-order valence-corrected chi connectivity index (χ3v) is 3.29. The van der Waals surface area contributed by atoms with Crippen LogP contribution in [0.5, 0.6) is 0 Å². The monoisotopic (exact) mass is 253 g/mol. The zero-order valence-corrected chi connectivity index (χ0v) is 9.40. The second-order valence-electron chi connectivity index (χ2n) is 3.44. The number of para-hydroxylation sites is 1. The number of halogens is 1. The van der Waals surface area contributed by atoms with Crippen molar-refractivity contribution in [2.45, 2.75) is 17.7 Å². The maximum atomic E-state index is 11.8. The van der Waals surface area contributed by atoms with E-state index in [1.54, 1.807) is 0 Å². The SMILES string of the molecule is O=C1[C@H](Br)CCCN1c1ccccc1. The van der Waals surface area contributed by atoms with Gasteiger partial charge in [0, 0.05) is 12.2 Å². The van der Waals surface area contributed by atoms with Crippen molar-refractivity contribution < 1.29 is 4.79 Å². The largest absolute Gasteiger partial charge is 0.311 e. The molecule has 1 aromatic rings. The third-order valence-electron chi connectivity index (χ3n) is 2.44. The van der Waals surface area contributed by atoms with Crippen LogP contribution in [0.3, 0.4) is 0 Å². The Kier molecular flexibility index (Phi) is 2.87. The molecule has 74 valence electrons. The highest BCUT2D eigenvalue weighted by atomic mass is 79.9. The van der Waals surface area contributed by atoms with Crippen molar-refractivity contribution >= 4 is 27.5 Å². The van der Waals surface area contributed by atoms with Gasteiger partial charge in [0.05, 0.1) is 4.83 Å². The smallest absolute Gasteiger partial charge is 0.240 e. The number of carbonyl (C=O) groups is 1.